The van der Waals surface area contributed by atoms with E-state index < -0.39 is 47.6 Å². The summed E-state index contributed by atoms with van der Waals surface area (Å²) >= 11 is 3.44. The molecule has 1 heterocycles. The summed E-state index contributed by atoms with van der Waals surface area (Å²) in [6.45, 7) is 7.02. The van der Waals surface area contributed by atoms with E-state index >= 15 is 0 Å². The maximum atomic E-state index is 13.5. The Bertz CT molecular complexity index is 1280. The molecule has 0 saturated heterocycles. The highest BCUT2D eigenvalue weighted by atomic mass is 79.9. The number of carbonyl (C=O) groups is 3. The van der Waals surface area contributed by atoms with E-state index in [2.05, 4.69) is 31.6 Å². The van der Waals surface area contributed by atoms with Crippen LogP contribution in [0.4, 0.5) is 23.7 Å². The van der Waals surface area contributed by atoms with Crippen LogP contribution in [0.25, 0.3) is 0 Å². The van der Waals surface area contributed by atoms with E-state index in [4.69, 9.17) is 4.74 Å². The SMILES string of the molecule is CCCC(CCCC(F)(F)F)(C(=O)OC(=O)NC1N=C(c2ccccc2)c2cccc(Br)c2NC1=O)C(C)(C)C. The number of hydrogen-bond donors (Lipinski definition) is 2. The first kappa shape index (κ1) is 31.3. The number of aliphatic imine (C=N–C) groups is 1. The second-order valence-corrected chi connectivity index (χ2v) is 11.6. The van der Waals surface area contributed by atoms with Gasteiger partial charge in [0.15, 0.2) is 0 Å². The molecule has 0 fully saturated rings. The van der Waals surface area contributed by atoms with Gasteiger partial charge >= 0.3 is 18.2 Å². The molecule has 0 bridgehead atoms. The normalized spacial score (nSPS) is 17.1. The number of benzodiazepines with no additional fused rings is 1. The number of ether oxygens (including phenoxy) is 1. The zero-order valence-corrected chi connectivity index (χ0v) is 24.4. The minimum absolute atomic E-state index is 0.112. The molecule has 0 spiro atoms. The summed E-state index contributed by atoms with van der Waals surface area (Å²) in [5, 5.41) is 5.12. The molecule has 2 aromatic carbocycles. The number of nitrogens with one attached hydrogen (secondary N) is 2. The minimum atomic E-state index is -4.37. The quantitative estimate of drug-likeness (QED) is 0.237. The van der Waals surface area contributed by atoms with E-state index in [9.17, 15) is 27.6 Å². The fraction of sp³-hybridized carbons (Fsp3) is 0.448. The number of anilines is 1. The number of fused-ring (bicyclic) bond motifs is 1. The number of benzene rings is 2. The summed E-state index contributed by atoms with van der Waals surface area (Å²) < 4.78 is 44.5. The molecule has 7 nitrogen and oxygen atoms in total. The lowest BCUT2D eigenvalue weighted by molar-refractivity contribution is -0.161. The maximum Gasteiger partial charge on any atom is 0.416 e. The summed E-state index contributed by atoms with van der Waals surface area (Å²) in [5.41, 5.74) is 0.0293. The predicted molar refractivity (Wildman–Crippen MR) is 150 cm³/mol. The molecule has 0 aromatic heterocycles. The van der Waals surface area contributed by atoms with E-state index in [0.29, 0.717) is 33.4 Å². The van der Waals surface area contributed by atoms with Crippen LogP contribution < -0.4 is 10.6 Å². The van der Waals surface area contributed by atoms with E-state index in [0.717, 1.165) is 0 Å². The number of hydrogen-bond acceptors (Lipinski definition) is 5. The number of esters is 1. The number of nitrogens with zero attached hydrogens (tertiary/aromatic N) is 1. The number of alkyl carbamates (subject to hydrolysis) is 1. The Morgan fingerprint density at radius 3 is 2.30 bits per heavy atom. The van der Waals surface area contributed by atoms with Crippen molar-refractivity contribution >= 4 is 45.3 Å². The summed E-state index contributed by atoms with van der Waals surface area (Å²) in [4.78, 5) is 44.1. The van der Waals surface area contributed by atoms with Crippen LogP contribution in [0.3, 0.4) is 0 Å². The zero-order chi connectivity index (χ0) is 29.7. The first-order valence-corrected chi connectivity index (χ1v) is 13.8. The van der Waals surface area contributed by atoms with E-state index in [1.54, 1.807) is 39.0 Å². The Morgan fingerprint density at radius 1 is 1.02 bits per heavy atom. The first-order valence-electron chi connectivity index (χ1n) is 13.0. The van der Waals surface area contributed by atoms with Gasteiger partial charge in [-0.25, -0.2) is 9.79 Å². The van der Waals surface area contributed by atoms with Crippen LogP contribution in [-0.4, -0.2) is 36.0 Å². The number of carbonyl (C=O) groups excluding carboxylic acids is 3. The fourth-order valence-electron chi connectivity index (χ4n) is 4.95. The molecule has 2 N–H and O–H groups in total. The molecule has 0 radical (unpaired) electrons. The molecule has 3 rings (SSSR count). The van der Waals surface area contributed by atoms with Crippen molar-refractivity contribution in [3.8, 4) is 0 Å². The number of amides is 2. The Balaban J connectivity index is 1.89. The van der Waals surface area contributed by atoms with E-state index in [1.165, 1.54) is 0 Å². The Labute approximate surface area is 240 Å². The lowest BCUT2D eigenvalue weighted by Crippen LogP contribution is -2.48. The largest absolute Gasteiger partial charge is 0.416 e. The summed E-state index contributed by atoms with van der Waals surface area (Å²) in [7, 11) is 0. The topological polar surface area (TPSA) is 96.9 Å². The van der Waals surface area contributed by atoms with Gasteiger partial charge < -0.3 is 10.1 Å². The van der Waals surface area contributed by atoms with Crippen LogP contribution in [0.15, 0.2) is 58.0 Å². The lowest BCUT2D eigenvalue weighted by atomic mass is 9.61. The van der Waals surface area contributed by atoms with Crippen molar-refractivity contribution < 1.29 is 32.3 Å². The molecule has 1 aliphatic rings. The van der Waals surface area contributed by atoms with Gasteiger partial charge in [-0.1, -0.05) is 76.6 Å². The van der Waals surface area contributed by atoms with Crippen molar-refractivity contribution in [1.29, 1.82) is 0 Å². The van der Waals surface area contributed by atoms with Gasteiger partial charge in [-0.05, 0) is 46.7 Å². The average Bonchev–Trinajstić information content (AvgIpc) is 2.99. The number of halogens is 4. The Hall–Kier alpha value is -3.21. The fourth-order valence-corrected chi connectivity index (χ4v) is 5.41. The molecule has 11 heteroatoms. The molecule has 2 atom stereocenters. The summed E-state index contributed by atoms with van der Waals surface area (Å²) in [5.74, 6) is -1.60. The molecule has 2 amide bonds. The predicted octanol–water partition coefficient (Wildman–Crippen LogP) is 7.38. The molecular formula is C29H33BrF3N3O4. The highest BCUT2D eigenvalue weighted by Crippen LogP contribution is 2.48. The minimum Gasteiger partial charge on any atom is -0.376 e. The van der Waals surface area contributed by atoms with Crippen LogP contribution in [0, 0.1) is 10.8 Å². The van der Waals surface area contributed by atoms with Gasteiger partial charge in [0.2, 0.25) is 6.17 Å². The molecule has 2 unspecified atom stereocenters. The van der Waals surface area contributed by atoms with Crippen LogP contribution >= 0.6 is 15.9 Å². The second-order valence-electron chi connectivity index (χ2n) is 10.8. The Morgan fingerprint density at radius 2 is 1.70 bits per heavy atom. The van der Waals surface area contributed by atoms with Gasteiger partial charge in [0, 0.05) is 22.0 Å². The standard InChI is InChI=1S/C29H33BrF3N3O4/c1-5-15-28(27(2,3)4,16-10-17-29(31,32)33)25(38)40-26(39)36-23-24(37)35-22-19(13-9-14-20(22)30)21(34-23)18-11-7-6-8-12-18/h6-9,11-14,23H,5,10,15-17H2,1-4H3,(H,35,37)(H,36,39). The lowest BCUT2D eigenvalue weighted by Gasteiger charge is -2.42. The smallest absolute Gasteiger partial charge is 0.376 e. The molecule has 216 valence electrons. The van der Waals surface area contributed by atoms with Crippen molar-refractivity contribution in [1.82, 2.24) is 5.32 Å². The number of alkyl halides is 3. The molecule has 0 saturated carbocycles. The monoisotopic (exact) mass is 623 g/mol. The van der Waals surface area contributed by atoms with Crippen molar-refractivity contribution in [3.63, 3.8) is 0 Å². The van der Waals surface area contributed by atoms with Gasteiger partial charge in [-0.2, -0.15) is 13.2 Å². The van der Waals surface area contributed by atoms with Gasteiger partial charge in [0.05, 0.1) is 16.8 Å². The maximum absolute atomic E-state index is 13.5. The average molecular weight is 624 g/mol. The van der Waals surface area contributed by atoms with Crippen molar-refractivity contribution in [2.45, 2.75) is 72.1 Å². The van der Waals surface area contributed by atoms with Crippen LogP contribution in [-0.2, 0) is 14.3 Å². The van der Waals surface area contributed by atoms with Gasteiger partial charge in [0.25, 0.3) is 5.91 Å². The molecule has 0 aliphatic carbocycles. The van der Waals surface area contributed by atoms with Crippen molar-refractivity contribution in [2.24, 2.45) is 15.8 Å². The van der Waals surface area contributed by atoms with E-state index in [1.807, 2.05) is 37.3 Å². The molecule has 1 aliphatic heterocycles. The van der Waals surface area contributed by atoms with Gasteiger partial charge in [0.1, 0.15) is 0 Å². The van der Waals surface area contributed by atoms with Gasteiger partial charge in [-0.3, -0.25) is 14.9 Å². The van der Waals surface area contributed by atoms with Crippen LogP contribution in [0.2, 0.25) is 0 Å². The third-order valence-electron chi connectivity index (χ3n) is 7.08. The highest BCUT2D eigenvalue weighted by Gasteiger charge is 2.50. The third-order valence-corrected chi connectivity index (χ3v) is 7.74. The zero-order valence-electron chi connectivity index (χ0n) is 22.8. The van der Waals surface area contributed by atoms with Gasteiger partial charge in [-0.15, -0.1) is 0 Å². The van der Waals surface area contributed by atoms with Crippen molar-refractivity contribution in [2.75, 3.05) is 5.32 Å². The first-order chi connectivity index (χ1) is 18.7. The third kappa shape index (κ3) is 7.30. The molecule has 40 heavy (non-hydrogen) atoms. The Kier molecular flexibility index (Phi) is 9.81. The number of rotatable bonds is 8. The van der Waals surface area contributed by atoms with E-state index in [-0.39, 0.29) is 19.3 Å². The second kappa shape index (κ2) is 12.5. The van der Waals surface area contributed by atoms with Crippen LogP contribution in [0.1, 0.15) is 70.9 Å². The summed E-state index contributed by atoms with van der Waals surface area (Å²) in [6, 6.07) is 14.4. The highest BCUT2D eigenvalue weighted by molar-refractivity contribution is 9.10. The number of para-hydroxylation sites is 1. The molecular weight excluding hydrogens is 591 g/mol. The van der Waals surface area contributed by atoms with Crippen molar-refractivity contribution in [3.05, 3.63) is 64.1 Å². The molecule has 2 aromatic rings. The summed E-state index contributed by atoms with van der Waals surface area (Å²) in [6.07, 6.45) is -7.77. The van der Waals surface area contributed by atoms with Crippen LogP contribution in [0.5, 0.6) is 0 Å².